The second-order valence-electron chi connectivity index (χ2n) is 6.43. The fraction of sp³-hybridized carbons (Fsp3) is 0.846. The lowest BCUT2D eigenvalue weighted by molar-refractivity contribution is -0.116. The van der Waals surface area contributed by atoms with Crippen molar-refractivity contribution in [1.82, 2.24) is 5.32 Å². The van der Waals surface area contributed by atoms with Gasteiger partial charge in [-0.3, -0.25) is 4.79 Å². The maximum atomic E-state index is 11.9. The zero-order chi connectivity index (χ0) is 13.7. The van der Waals surface area contributed by atoms with E-state index in [0.717, 1.165) is 5.75 Å². The van der Waals surface area contributed by atoms with Crippen molar-refractivity contribution in [1.29, 1.82) is 0 Å². The molecule has 0 aromatic rings. The number of hydrogen-bond acceptors (Lipinski definition) is 3. The Kier molecular flexibility index (Phi) is 6.24. The highest BCUT2D eigenvalue weighted by atomic mass is 32.2. The summed E-state index contributed by atoms with van der Waals surface area (Å²) in [4.78, 5) is 11.9. The molecule has 0 aliphatic heterocycles. The molecule has 0 heterocycles. The molecule has 17 heavy (non-hydrogen) atoms. The minimum absolute atomic E-state index is 0.0543. The van der Waals surface area contributed by atoms with Crippen LogP contribution >= 0.6 is 11.9 Å². The topological polar surface area (TPSA) is 41.5 Å². The first-order valence-corrected chi connectivity index (χ1v) is 7.01. The number of rotatable bonds is 4. The van der Waals surface area contributed by atoms with Crippen LogP contribution in [-0.2, 0) is 4.79 Å². The van der Waals surface area contributed by atoms with Crippen molar-refractivity contribution in [2.75, 3.05) is 5.75 Å². The van der Waals surface area contributed by atoms with Crippen molar-refractivity contribution in [2.24, 2.45) is 9.81 Å². The Balaban J connectivity index is 4.41. The van der Waals surface area contributed by atoms with Crippen molar-refractivity contribution in [3.8, 4) is 0 Å². The van der Waals surface area contributed by atoms with Gasteiger partial charge in [0.1, 0.15) is 5.71 Å². The van der Waals surface area contributed by atoms with Gasteiger partial charge in [0.05, 0.1) is 0 Å². The summed E-state index contributed by atoms with van der Waals surface area (Å²) < 4.78 is 4.33. The van der Waals surface area contributed by atoms with Crippen molar-refractivity contribution in [2.45, 2.75) is 60.4 Å². The van der Waals surface area contributed by atoms with E-state index >= 15 is 0 Å². The lowest BCUT2D eigenvalue weighted by atomic mass is 10.0. The molecule has 1 N–H and O–H groups in total. The quantitative estimate of drug-likeness (QED) is 0.620. The van der Waals surface area contributed by atoms with E-state index in [1.807, 2.05) is 27.7 Å². The zero-order valence-corrected chi connectivity index (χ0v) is 13.0. The molecule has 0 aliphatic rings. The third-order valence-electron chi connectivity index (χ3n) is 1.76. The number of amides is 1. The van der Waals surface area contributed by atoms with Crippen LogP contribution in [0.15, 0.2) is 4.40 Å². The smallest absolute Gasteiger partial charge is 0.266 e. The Morgan fingerprint density at radius 1 is 1.18 bits per heavy atom. The van der Waals surface area contributed by atoms with Crippen LogP contribution in [0.25, 0.3) is 0 Å². The Morgan fingerprint density at radius 2 is 1.71 bits per heavy atom. The maximum absolute atomic E-state index is 11.9. The summed E-state index contributed by atoms with van der Waals surface area (Å²) in [6.07, 6.45) is 0.666. The fourth-order valence-electron chi connectivity index (χ4n) is 0.983. The molecule has 3 nitrogen and oxygen atoms in total. The summed E-state index contributed by atoms with van der Waals surface area (Å²) >= 11 is 1.47. The second kappa shape index (κ2) is 6.43. The number of hydrogen-bond donors (Lipinski definition) is 1. The zero-order valence-electron chi connectivity index (χ0n) is 12.2. The van der Waals surface area contributed by atoms with Crippen molar-refractivity contribution in [3.05, 3.63) is 0 Å². The number of carbonyl (C=O) groups excluding carboxylic acids is 1. The molecular weight excluding hydrogens is 232 g/mol. The van der Waals surface area contributed by atoms with Gasteiger partial charge in [-0.2, -0.15) is 0 Å². The Labute approximate surface area is 110 Å². The average molecular weight is 258 g/mol. The molecule has 0 aromatic carbocycles. The van der Waals surface area contributed by atoms with Crippen LogP contribution in [0.1, 0.15) is 54.9 Å². The van der Waals surface area contributed by atoms with Crippen LogP contribution in [0, 0.1) is 5.41 Å². The minimum atomic E-state index is -0.207. The average Bonchev–Trinajstić information content (AvgIpc) is 2.07. The molecule has 100 valence electrons. The highest BCUT2D eigenvalue weighted by molar-refractivity contribution is 7.98. The molecule has 0 rings (SSSR count). The molecule has 0 unspecified atom stereocenters. The normalized spacial score (nSPS) is 13.7. The molecule has 0 radical (unpaired) electrons. The third kappa shape index (κ3) is 9.22. The molecule has 0 bridgehead atoms. The Morgan fingerprint density at radius 3 is 2.06 bits per heavy atom. The highest BCUT2D eigenvalue weighted by Gasteiger charge is 2.18. The first kappa shape index (κ1) is 16.5. The Hall–Kier alpha value is -0.510. The van der Waals surface area contributed by atoms with Gasteiger partial charge in [-0.1, -0.05) is 27.7 Å². The molecule has 0 aromatic heterocycles. The SMILES string of the molecule is CC/C(=N\SCC(C)(C)C)C(=O)NC(C)(C)C. The van der Waals surface area contributed by atoms with Gasteiger partial charge in [0.25, 0.3) is 5.91 Å². The van der Waals surface area contributed by atoms with E-state index < -0.39 is 0 Å². The van der Waals surface area contributed by atoms with E-state index in [0.29, 0.717) is 12.1 Å². The van der Waals surface area contributed by atoms with Gasteiger partial charge in [0.15, 0.2) is 0 Å². The van der Waals surface area contributed by atoms with E-state index in [-0.39, 0.29) is 16.9 Å². The fourth-order valence-corrected chi connectivity index (χ4v) is 1.80. The van der Waals surface area contributed by atoms with E-state index in [4.69, 9.17) is 0 Å². The van der Waals surface area contributed by atoms with E-state index in [1.54, 1.807) is 0 Å². The summed E-state index contributed by atoms with van der Waals surface area (Å²) in [5, 5.41) is 2.93. The molecule has 0 atom stereocenters. The largest absolute Gasteiger partial charge is 0.346 e. The molecule has 0 fully saturated rings. The lowest BCUT2D eigenvalue weighted by Crippen LogP contribution is -2.44. The van der Waals surface area contributed by atoms with Crippen LogP contribution in [0.5, 0.6) is 0 Å². The van der Waals surface area contributed by atoms with Crippen LogP contribution in [0.4, 0.5) is 0 Å². The predicted molar refractivity (Wildman–Crippen MR) is 77.5 cm³/mol. The third-order valence-corrected chi connectivity index (χ3v) is 3.10. The van der Waals surface area contributed by atoms with Crippen molar-refractivity contribution >= 4 is 23.6 Å². The monoisotopic (exact) mass is 258 g/mol. The molecule has 0 spiro atoms. The number of carbonyl (C=O) groups is 1. The van der Waals surface area contributed by atoms with Crippen molar-refractivity contribution in [3.63, 3.8) is 0 Å². The van der Waals surface area contributed by atoms with Crippen molar-refractivity contribution < 1.29 is 4.79 Å². The first-order valence-electron chi connectivity index (χ1n) is 6.06. The van der Waals surface area contributed by atoms with Gasteiger partial charge in [-0.25, -0.2) is 4.40 Å². The van der Waals surface area contributed by atoms with Crippen LogP contribution in [-0.4, -0.2) is 22.9 Å². The van der Waals surface area contributed by atoms with Crippen LogP contribution in [0.2, 0.25) is 0 Å². The summed E-state index contributed by atoms with van der Waals surface area (Å²) in [6, 6.07) is 0. The minimum Gasteiger partial charge on any atom is -0.346 e. The molecule has 1 amide bonds. The molecule has 0 saturated heterocycles. The van der Waals surface area contributed by atoms with E-state index in [2.05, 4.69) is 30.5 Å². The number of nitrogens with zero attached hydrogens (tertiary/aromatic N) is 1. The standard InChI is InChI=1S/C13H26N2OS/c1-8-10(11(16)14-13(5,6)7)15-17-9-12(2,3)4/h8-9H2,1-7H3,(H,14,16)/b15-10+. The lowest BCUT2D eigenvalue weighted by Gasteiger charge is -2.21. The number of nitrogens with one attached hydrogen (secondary N) is 1. The Bertz CT molecular complexity index is 285. The first-order chi connectivity index (χ1) is 7.55. The molecular formula is C13H26N2OS. The van der Waals surface area contributed by atoms with Gasteiger partial charge in [0.2, 0.25) is 0 Å². The summed E-state index contributed by atoms with van der Waals surface area (Å²) in [6.45, 7) is 14.4. The van der Waals surface area contributed by atoms with Gasteiger partial charge >= 0.3 is 0 Å². The van der Waals surface area contributed by atoms with E-state index in [9.17, 15) is 4.79 Å². The van der Waals surface area contributed by atoms with Crippen LogP contribution in [0.3, 0.4) is 0 Å². The maximum Gasteiger partial charge on any atom is 0.266 e. The van der Waals surface area contributed by atoms with Gasteiger partial charge < -0.3 is 5.32 Å². The molecule has 0 saturated carbocycles. The summed E-state index contributed by atoms with van der Waals surface area (Å²) in [5.41, 5.74) is 0.643. The highest BCUT2D eigenvalue weighted by Crippen LogP contribution is 2.21. The second-order valence-corrected chi connectivity index (χ2v) is 7.16. The van der Waals surface area contributed by atoms with E-state index in [1.165, 1.54) is 11.9 Å². The predicted octanol–water partition coefficient (Wildman–Crippen LogP) is 3.45. The van der Waals surface area contributed by atoms with Gasteiger partial charge in [-0.05, 0) is 44.6 Å². The van der Waals surface area contributed by atoms with Gasteiger partial charge in [-0.15, -0.1) is 0 Å². The summed E-state index contributed by atoms with van der Waals surface area (Å²) in [5.74, 6) is 0.862. The summed E-state index contributed by atoms with van der Waals surface area (Å²) in [7, 11) is 0. The van der Waals surface area contributed by atoms with Crippen LogP contribution < -0.4 is 5.32 Å². The van der Waals surface area contributed by atoms with Gasteiger partial charge in [0, 0.05) is 11.3 Å². The molecule has 0 aliphatic carbocycles. The molecule has 4 heteroatoms.